The molecule has 1 aromatic rings. The molecular formula is C15H21Cl2N3S2. The lowest BCUT2D eigenvalue weighted by atomic mass is 10.2. The molecule has 0 spiro atoms. The van der Waals surface area contributed by atoms with Crippen molar-refractivity contribution >= 4 is 51.5 Å². The Balaban J connectivity index is 1.62. The number of thiocarbonyl (C=S) groups is 1. The fourth-order valence-corrected chi connectivity index (χ4v) is 3.57. The molecule has 7 heteroatoms. The maximum absolute atomic E-state index is 6.00. The maximum atomic E-state index is 6.00. The first-order valence-electron chi connectivity index (χ1n) is 7.30. The quantitative estimate of drug-likeness (QED) is 0.790. The van der Waals surface area contributed by atoms with E-state index in [1.165, 1.54) is 0 Å². The minimum atomic E-state index is 0.578. The van der Waals surface area contributed by atoms with Crippen LogP contribution in [-0.4, -0.2) is 59.6 Å². The van der Waals surface area contributed by atoms with Crippen molar-refractivity contribution in [2.75, 3.05) is 45.5 Å². The molecular weight excluding hydrogens is 357 g/mol. The summed E-state index contributed by atoms with van der Waals surface area (Å²) in [5.41, 5.74) is 1.08. The summed E-state index contributed by atoms with van der Waals surface area (Å²) in [6.45, 7) is 6.39. The first kappa shape index (κ1) is 18.3. The third-order valence-corrected chi connectivity index (χ3v) is 5.69. The summed E-state index contributed by atoms with van der Waals surface area (Å²) in [6, 6.07) is 5.64. The van der Waals surface area contributed by atoms with E-state index in [4.69, 9.17) is 35.4 Å². The van der Waals surface area contributed by atoms with E-state index in [2.05, 4.69) is 22.2 Å². The van der Waals surface area contributed by atoms with Gasteiger partial charge in [0.05, 0.1) is 10.0 Å². The van der Waals surface area contributed by atoms with Gasteiger partial charge < -0.3 is 10.2 Å². The highest BCUT2D eigenvalue weighted by Gasteiger charge is 2.13. The normalized spacial score (nSPS) is 16.7. The number of nitrogens with one attached hydrogen (secondary N) is 1. The fourth-order valence-electron chi connectivity index (χ4n) is 2.21. The van der Waals surface area contributed by atoms with E-state index in [1.807, 2.05) is 18.2 Å². The van der Waals surface area contributed by atoms with Crippen LogP contribution in [0.1, 0.15) is 5.56 Å². The van der Waals surface area contributed by atoms with E-state index in [1.54, 1.807) is 11.8 Å². The van der Waals surface area contributed by atoms with Gasteiger partial charge in [-0.2, -0.15) is 0 Å². The molecule has 0 bridgehead atoms. The Morgan fingerprint density at radius 2 is 1.95 bits per heavy atom. The fraction of sp³-hybridized carbons (Fsp3) is 0.533. The standard InChI is InChI=1S/C15H21Cl2N3S2/c1-19-4-6-20(7-5-19)8-9-22-15(21)18-11-12-2-3-13(16)14(17)10-12/h2-3,10H,4-9,11H2,1H3,(H,18,21). The molecule has 0 unspecified atom stereocenters. The number of thioether (sulfide) groups is 1. The summed E-state index contributed by atoms with van der Waals surface area (Å²) in [5, 5.41) is 4.41. The molecule has 1 aromatic carbocycles. The lowest BCUT2D eigenvalue weighted by Crippen LogP contribution is -2.45. The van der Waals surface area contributed by atoms with E-state index in [9.17, 15) is 0 Å². The topological polar surface area (TPSA) is 18.5 Å². The van der Waals surface area contributed by atoms with Crippen LogP contribution in [0.25, 0.3) is 0 Å². The summed E-state index contributed by atoms with van der Waals surface area (Å²) in [4.78, 5) is 4.86. The molecule has 3 nitrogen and oxygen atoms in total. The highest BCUT2D eigenvalue weighted by Crippen LogP contribution is 2.22. The second kappa shape index (κ2) is 9.30. The van der Waals surface area contributed by atoms with Gasteiger partial charge in [0.15, 0.2) is 0 Å². The van der Waals surface area contributed by atoms with Crippen LogP contribution in [0.15, 0.2) is 18.2 Å². The molecule has 1 fully saturated rings. The van der Waals surface area contributed by atoms with Crippen LogP contribution >= 0.6 is 47.2 Å². The van der Waals surface area contributed by atoms with E-state index >= 15 is 0 Å². The number of piperazine rings is 1. The second-order valence-corrected chi connectivity index (χ2v) is 7.97. The van der Waals surface area contributed by atoms with Crippen molar-refractivity contribution in [1.82, 2.24) is 15.1 Å². The molecule has 0 saturated carbocycles. The molecule has 0 aliphatic carbocycles. The van der Waals surface area contributed by atoms with Crippen molar-refractivity contribution < 1.29 is 0 Å². The predicted molar refractivity (Wildman–Crippen MR) is 102 cm³/mol. The van der Waals surface area contributed by atoms with Gasteiger partial charge in [0.25, 0.3) is 0 Å². The molecule has 0 atom stereocenters. The number of halogens is 2. The largest absolute Gasteiger partial charge is 0.367 e. The molecule has 22 heavy (non-hydrogen) atoms. The summed E-state index contributed by atoms with van der Waals surface area (Å²) in [6.07, 6.45) is 0. The lowest BCUT2D eigenvalue weighted by Gasteiger charge is -2.32. The van der Waals surface area contributed by atoms with E-state index in [-0.39, 0.29) is 0 Å². The predicted octanol–water partition coefficient (Wildman–Crippen LogP) is 3.35. The average Bonchev–Trinajstić information content (AvgIpc) is 2.50. The number of hydrogen-bond donors (Lipinski definition) is 1. The highest BCUT2D eigenvalue weighted by molar-refractivity contribution is 8.22. The number of hydrogen-bond acceptors (Lipinski definition) is 4. The Bertz CT molecular complexity index is 506. The minimum Gasteiger partial charge on any atom is -0.367 e. The summed E-state index contributed by atoms with van der Waals surface area (Å²) < 4.78 is 0.834. The Morgan fingerprint density at radius 3 is 2.64 bits per heavy atom. The molecule has 2 rings (SSSR count). The smallest absolute Gasteiger partial charge is 0.134 e. The number of nitrogens with zero attached hydrogens (tertiary/aromatic N) is 2. The van der Waals surface area contributed by atoms with Crippen LogP contribution in [0.3, 0.4) is 0 Å². The molecule has 122 valence electrons. The van der Waals surface area contributed by atoms with Crippen molar-refractivity contribution in [1.29, 1.82) is 0 Å². The second-order valence-electron chi connectivity index (χ2n) is 5.38. The number of benzene rings is 1. The van der Waals surface area contributed by atoms with Gasteiger partial charge in [-0.3, -0.25) is 4.90 Å². The van der Waals surface area contributed by atoms with Crippen LogP contribution in [0.5, 0.6) is 0 Å². The highest BCUT2D eigenvalue weighted by atomic mass is 35.5. The first-order valence-corrected chi connectivity index (χ1v) is 9.45. The van der Waals surface area contributed by atoms with Crippen LogP contribution in [0.4, 0.5) is 0 Å². The molecule has 1 aliphatic heterocycles. The Morgan fingerprint density at radius 1 is 1.23 bits per heavy atom. The van der Waals surface area contributed by atoms with Crippen molar-refractivity contribution in [3.05, 3.63) is 33.8 Å². The monoisotopic (exact) mass is 377 g/mol. The zero-order valence-corrected chi connectivity index (χ0v) is 15.8. The summed E-state index contributed by atoms with van der Waals surface area (Å²) in [5.74, 6) is 1.02. The van der Waals surface area contributed by atoms with Crippen LogP contribution < -0.4 is 5.32 Å². The molecule has 0 aromatic heterocycles. The van der Waals surface area contributed by atoms with Crippen LogP contribution in [0.2, 0.25) is 10.0 Å². The van der Waals surface area contributed by atoms with Gasteiger partial charge in [-0.1, -0.05) is 53.2 Å². The van der Waals surface area contributed by atoms with Crippen LogP contribution in [0, 0.1) is 0 Å². The Labute approximate surface area is 152 Å². The zero-order valence-electron chi connectivity index (χ0n) is 12.6. The average molecular weight is 378 g/mol. The van der Waals surface area contributed by atoms with Crippen molar-refractivity contribution in [3.8, 4) is 0 Å². The third-order valence-electron chi connectivity index (χ3n) is 3.66. The SMILES string of the molecule is CN1CCN(CCSC(=S)NCc2ccc(Cl)c(Cl)c2)CC1. The minimum absolute atomic E-state index is 0.578. The first-order chi connectivity index (χ1) is 10.5. The van der Waals surface area contributed by atoms with Gasteiger partial charge in [-0.15, -0.1) is 0 Å². The molecule has 1 aliphatic rings. The van der Waals surface area contributed by atoms with E-state index < -0.39 is 0 Å². The van der Waals surface area contributed by atoms with Gasteiger partial charge in [-0.05, 0) is 24.7 Å². The van der Waals surface area contributed by atoms with E-state index in [0.717, 1.165) is 48.4 Å². The van der Waals surface area contributed by atoms with Crippen molar-refractivity contribution in [3.63, 3.8) is 0 Å². The Hall–Kier alpha value is -0.0400. The van der Waals surface area contributed by atoms with Crippen molar-refractivity contribution in [2.24, 2.45) is 0 Å². The van der Waals surface area contributed by atoms with Crippen LogP contribution in [-0.2, 0) is 6.54 Å². The lowest BCUT2D eigenvalue weighted by molar-refractivity contribution is 0.161. The molecule has 1 saturated heterocycles. The number of rotatable bonds is 5. The molecule has 1 N–H and O–H groups in total. The van der Waals surface area contributed by atoms with Gasteiger partial charge in [0, 0.05) is 45.0 Å². The summed E-state index contributed by atoms with van der Waals surface area (Å²) in [7, 11) is 2.17. The van der Waals surface area contributed by atoms with Gasteiger partial charge in [0.1, 0.15) is 4.32 Å². The summed E-state index contributed by atoms with van der Waals surface area (Å²) >= 11 is 19.0. The Kier molecular flexibility index (Phi) is 7.74. The molecule has 0 amide bonds. The van der Waals surface area contributed by atoms with Gasteiger partial charge >= 0.3 is 0 Å². The maximum Gasteiger partial charge on any atom is 0.134 e. The number of likely N-dealkylation sites (N-methyl/N-ethyl adjacent to an activating group) is 1. The molecule has 0 radical (unpaired) electrons. The third kappa shape index (κ3) is 6.22. The van der Waals surface area contributed by atoms with E-state index in [0.29, 0.717) is 16.6 Å². The molecule has 1 heterocycles. The zero-order chi connectivity index (χ0) is 15.9. The van der Waals surface area contributed by atoms with Gasteiger partial charge in [-0.25, -0.2) is 0 Å². The van der Waals surface area contributed by atoms with Crippen molar-refractivity contribution in [2.45, 2.75) is 6.54 Å². The van der Waals surface area contributed by atoms with Gasteiger partial charge in [0.2, 0.25) is 0 Å².